The van der Waals surface area contributed by atoms with E-state index in [9.17, 15) is 18.7 Å². The Labute approximate surface area is 165 Å². The Bertz CT molecular complexity index is 1030. The van der Waals surface area contributed by atoms with E-state index in [-0.39, 0.29) is 0 Å². The van der Waals surface area contributed by atoms with Crippen LogP contribution in [0.4, 0.5) is 14.6 Å². The lowest BCUT2D eigenvalue weighted by molar-refractivity contribution is -0.130. The first kappa shape index (κ1) is 20.6. The van der Waals surface area contributed by atoms with Gasteiger partial charge >= 0.3 is 0 Å². The van der Waals surface area contributed by atoms with Crippen molar-refractivity contribution in [1.29, 1.82) is 0 Å². The minimum atomic E-state index is -2.55. The largest absolute Gasteiger partial charge is 0.486 e. The van der Waals surface area contributed by atoms with Crippen molar-refractivity contribution in [3.8, 4) is 5.75 Å². The van der Waals surface area contributed by atoms with Crippen molar-refractivity contribution in [2.24, 2.45) is 0 Å². The first-order valence-electron chi connectivity index (χ1n) is 8.86. The maximum atomic E-state index is 12.3. The lowest BCUT2D eigenvalue weighted by Crippen LogP contribution is -2.36. The third kappa shape index (κ3) is 5.02. The number of carbonyl (C=O) groups is 1. The summed E-state index contributed by atoms with van der Waals surface area (Å²) in [6, 6.07) is 3.44. The van der Waals surface area contributed by atoms with Gasteiger partial charge in [0, 0.05) is 12.4 Å². The minimum absolute atomic E-state index is 0.292. The highest BCUT2D eigenvalue weighted by Gasteiger charge is 2.25. The zero-order valence-corrected chi connectivity index (χ0v) is 16.2. The van der Waals surface area contributed by atoms with Gasteiger partial charge in [0.1, 0.15) is 23.8 Å². The molecule has 0 atom stereocenters. The normalized spacial score (nSPS) is 11.8. The summed E-state index contributed by atoms with van der Waals surface area (Å²) in [4.78, 5) is 20.4. The molecule has 3 heterocycles. The number of hydrogen-bond donors (Lipinski definition) is 2. The Morgan fingerprint density at radius 1 is 1.38 bits per heavy atom. The molecule has 0 saturated carbocycles. The number of pyridine rings is 2. The predicted molar refractivity (Wildman–Crippen MR) is 102 cm³/mol. The number of carbonyl (C=O) groups excluding carboxylic acids is 1. The molecule has 3 aromatic rings. The molecule has 0 bridgehead atoms. The fourth-order valence-electron chi connectivity index (χ4n) is 2.59. The van der Waals surface area contributed by atoms with Crippen LogP contribution in [-0.4, -0.2) is 49.4 Å². The van der Waals surface area contributed by atoms with Crippen molar-refractivity contribution in [2.45, 2.75) is 39.3 Å². The van der Waals surface area contributed by atoms with Crippen molar-refractivity contribution in [3.05, 3.63) is 42.0 Å². The molecule has 0 aromatic carbocycles. The minimum Gasteiger partial charge on any atom is -0.486 e. The summed E-state index contributed by atoms with van der Waals surface area (Å²) in [6.45, 7) is 4.16. The number of halogens is 2. The van der Waals surface area contributed by atoms with Gasteiger partial charge in [-0.05, 0) is 38.5 Å². The molecule has 1 amide bonds. The number of ether oxygens (including phenoxy) is 1. The quantitative estimate of drug-likeness (QED) is 0.626. The number of hydrogen-bond acceptors (Lipinski definition) is 6. The van der Waals surface area contributed by atoms with Crippen molar-refractivity contribution >= 4 is 22.6 Å². The van der Waals surface area contributed by atoms with Crippen molar-refractivity contribution < 1.29 is 23.4 Å². The zero-order valence-electron chi connectivity index (χ0n) is 16.2. The van der Waals surface area contributed by atoms with E-state index in [0.29, 0.717) is 40.3 Å². The van der Waals surface area contributed by atoms with Crippen LogP contribution in [0.25, 0.3) is 10.9 Å². The number of alkyl halides is 2. The molecule has 0 fully saturated rings. The molecule has 3 aromatic heterocycles. The summed E-state index contributed by atoms with van der Waals surface area (Å²) in [7, 11) is 0. The van der Waals surface area contributed by atoms with Gasteiger partial charge in [0.05, 0.1) is 29.3 Å². The van der Waals surface area contributed by atoms with Crippen LogP contribution in [0.15, 0.2) is 30.7 Å². The Morgan fingerprint density at radius 3 is 2.79 bits per heavy atom. The lowest BCUT2D eigenvalue weighted by Gasteiger charge is -2.16. The molecule has 0 aliphatic heterocycles. The first-order valence-corrected chi connectivity index (χ1v) is 8.86. The molecule has 29 heavy (non-hydrogen) atoms. The summed E-state index contributed by atoms with van der Waals surface area (Å²) in [6.07, 6.45) is 2.08. The molecular weight excluding hydrogens is 384 g/mol. The van der Waals surface area contributed by atoms with Gasteiger partial charge in [-0.25, -0.2) is 13.8 Å². The molecule has 8 nitrogen and oxygen atoms in total. The van der Waals surface area contributed by atoms with Gasteiger partial charge in [0.2, 0.25) is 0 Å². The maximum absolute atomic E-state index is 12.3. The molecule has 0 aliphatic rings. The summed E-state index contributed by atoms with van der Waals surface area (Å²) in [5.41, 5.74) is 0.414. The second-order valence-electron chi connectivity index (χ2n) is 7.08. The first-order chi connectivity index (χ1) is 13.6. The molecule has 0 saturated heterocycles. The number of fused-ring (bicyclic) bond motifs is 1. The van der Waals surface area contributed by atoms with E-state index >= 15 is 0 Å². The van der Waals surface area contributed by atoms with Crippen LogP contribution in [0.1, 0.15) is 25.1 Å². The fraction of sp³-hybridized carbons (Fsp3) is 0.368. The number of aliphatic hydroxyl groups is 1. The van der Waals surface area contributed by atoms with E-state index in [1.165, 1.54) is 26.2 Å². The summed E-state index contributed by atoms with van der Waals surface area (Å²) >= 11 is 0. The van der Waals surface area contributed by atoms with Gasteiger partial charge in [-0.2, -0.15) is 5.10 Å². The van der Waals surface area contributed by atoms with Crippen LogP contribution in [0.3, 0.4) is 0 Å². The molecular formula is C19H21F2N5O3. The van der Waals surface area contributed by atoms with Crippen molar-refractivity contribution in [3.63, 3.8) is 0 Å². The van der Waals surface area contributed by atoms with Gasteiger partial charge in [0.15, 0.2) is 0 Å². The van der Waals surface area contributed by atoms with Gasteiger partial charge in [0.25, 0.3) is 12.3 Å². The predicted octanol–water partition coefficient (Wildman–Crippen LogP) is 2.54. The van der Waals surface area contributed by atoms with Crippen LogP contribution in [0.5, 0.6) is 5.75 Å². The van der Waals surface area contributed by atoms with Gasteiger partial charge in [-0.3, -0.25) is 14.5 Å². The van der Waals surface area contributed by atoms with Gasteiger partial charge in [-0.15, -0.1) is 0 Å². The molecule has 0 unspecified atom stereocenters. The van der Waals surface area contributed by atoms with Crippen LogP contribution in [-0.2, 0) is 11.3 Å². The van der Waals surface area contributed by atoms with Crippen LogP contribution < -0.4 is 10.1 Å². The highest BCUT2D eigenvalue weighted by atomic mass is 19.3. The molecule has 3 rings (SSSR count). The maximum Gasteiger partial charge on any atom is 0.272 e. The van der Waals surface area contributed by atoms with Crippen molar-refractivity contribution in [1.82, 2.24) is 19.7 Å². The Kier molecular flexibility index (Phi) is 5.73. The third-order valence-corrected chi connectivity index (χ3v) is 4.08. The number of rotatable bonds is 7. The van der Waals surface area contributed by atoms with Crippen molar-refractivity contribution in [2.75, 3.05) is 11.9 Å². The molecule has 0 spiro atoms. The lowest BCUT2D eigenvalue weighted by atomic mass is 10.1. The highest BCUT2D eigenvalue weighted by Crippen LogP contribution is 2.22. The van der Waals surface area contributed by atoms with Gasteiger partial charge in [-0.1, -0.05) is 0 Å². The summed E-state index contributed by atoms with van der Waals surface area (Å²) in [5.74, 6) is 0.0168. The van der Waals surface area contributed by atoms with Crippen LogP contribution in [0, 0.1) is 6.92 Å². The molecule has 0 aliphatic carbocycles. The molecule has 154 valence electrons. The second kappa shape index (κ2) is 8.08. The van der Waals surface area contributed by atoms with E-state index in [2.05, 4.69) is 20.4 Å². The molecule has 10 heteroatoms. The number of amides is 1. The van der Waals surface area contributed by atoms with E-state index in [0.717, 1.165) is 0 Å². The number of anilines is 1. The Morgan fingerprint density at radius 2 is 2.14 bits per heavy atom. The SMILES string of the molecule is Cc1cc(Cn2cc3c(NC(=O)C(C)(C)O)nccc3n2)ncc1OCC(F)F. The fourth-order valence-corrected chi connectivity index (χ4v) is 2.59. The van der Waals surface area contributed by atoms with E-state index in [4.69, 9.17) is 4.74 Å². The summed E-state index contributed by atoms with van der Waals surface area (Å²) in [5, 5.41) is 17.5. The highest BCUT2D eigenvalue weighted by molar-refractivity contribution is 6.02. The van der Waals surface area contributed by atoms with E-state index < -0.39 is 24.5 Å². The average Bonchev–Trinajstić information content (AvgIpc) is 3.03. The standard InChI is InChI=1S/C19H21F2N5O3/c1-11-6-12(23-7-15(11)29-10-16(20)21)8-26-9-13-14(25-26)4-5-22-17(13)24-18(27)19(2,3)28/h4-7,9,16,28H,8,10H2,1-3H3,(H,22,24,27). The van der Waals surface area contributed by atoms with Crippen LogP contribution in [0.2, 0.25) is 0 Å². The van der Waals surface area contributed by atoms with Crippen LogP contribution >= 0.6 is 0 Å². The van der Waals surface area contributed by atoms with E-state index in [1.807, 2.05) is 0 Å². The number of aromatic nitrogens is 4. The molecule has 0 radical (unpaired) electrons. The smallest absolute Gasteiger partial charge is 0.272 e. The zero-order chi connectivity index (χ0) is 21.2. The Hall–Kier alpha value is -3.14. The topological polar surface area (TPSA) is 102 Å². The number of nitrogens with zero attached hydrogens (tertiary/aromatic N) is 4. The van der Waals surface area contributed by atoms with Gasteiger partial charge < -0.3 is 15.2 Å². The monoisotopic (exact) mass is 405 g/mol. The number of aryl methyl sites for hydroxylation is 1. The summed E-state index contributed by atoms with van der Waals surface area (Å²) < 4.78 is 31.3. The Balaban J connectivity index is 1.80. The third-order valence-electron chi connectivity index (χ3n) is 4.08. The second-order valence-corrected chi connectivity index (χ2v) is 7.08. The number of nitrogens with one attached hydrogen (secondary N) is 1. The van der Waals surface area contributed by atoms with E-state index in [1.54, 1.807) is 29.9 Å². The average molecular weight is 405 g/mol. The molecule has 2 N–H and O–H groups in total.